The Morgan fingerprint density at radius 1 is 1.23 bits per heavy atom. The second kappa shape index (κ2) is 5.32. The molecule has 112 valence electrons. The smallest absolute Gasteiger partial charge is 0.116 e. The lowest BCUT2D eigenvalue weighted by molar-refractivity contribution is 0.740. The average Bonchev–Trinajstić information content (AvgIpc) is 3.10. The maximum Gasteiger partial charge on any atom is 0.116 e. The number of aryl methyl sites for hydroxylation is 2. The van der Waals surface area contributed by atoms with Crippen LogP contribution in [0.15, 0.2) is 24.7 Å². The monoisotopic (exact) mass is 310 g/mol. The molecule has 22 heavy (non-hydrogen) atoms. The second-order valence-electron chi connectivity index (χ2n) is 5.82. The minimum Gasteiger partial charge on any atom is -0.275 e. The summed E-state index contributed by atoms with van der Waals surface area (Å²) in [6.45, 7) is 2.05. The molecule has 0 unspecified atom stereocenters. The summed E-state index contributed by atoms with van der Waals surface area (Å²) < 4.78 is 3.07. The van der Waals surface area contributed by atoms with E-state index in [2.05, 4.69) is 40.3 Å². The molecule has 1 aliphatic carbocycles. The number of nitrogens with zero attached hydrogens (tertiary/aromatic N) is 4. The number of aromatic nitrogens is 4. The standard InChI is InChI=1S/C17H18N4S/c1-11-13(9-21(2)20-11)15-8-14-17(22-15)16(19-10-18-14)12-6-4-3-5-7-12/h6,8-10H,3-5,7H2,1-2H3. The first-order chi connectivity index (χ1) is 10.7. The predicted molar refractivity (Wildman–Crippen MR) is 90.8 cm³/mol. The maximum absolute atomic E-state index is 4.58. The molecule has 0 aromatic carbocycles. The van der Waals surface area contributed by atoms with E-state index in [1.165, 1.54) is 40.0 Å². The van der Waals surface area contributed by atoms with E-state index in [1.54, 1.807) is 17.7 Å². The van der Waals surface area contributed by atoms with E-state index in [1.807, 2.05) is 11.7 Å². The van der Waals surface area contributed by atoms with Crippen molar-refractivity contribution in [2.75, 3.05) is 0 Å². The Morgan fingerprint density at radius 3 is 2.86 bits per heavy atom. The van der Waals surface area contributed by atoms with E-state index in [9.17, 15) is 0 Å². The third kappa shape index (κ3) is 2.25. The van der Waals surface area contributed by atoms with Gasteiger partial charge in [-0.1, -0.05) is 6.08 Å². The quantitative estimate of drug-likeness (QED) is 0.706. The number of rotatable bonds is 2. The van der Waals surface area contributed by atoms with Gasteiger partial charge in [-0.25, -0.2) is 9.97 Å². The topological polar surface area (TPSA) is 43.6 Å². The fourth-order valence-corrected chi connectivity index (χ4v) is 4.31. The van der Waals surface area contributed by atoms with Crippen LogP contribution in [0.2, 0.25) is 0 Å². The summed E-state index contributed by atoms with van der Waals surface area (Å²) in [6, 6.07) is 2.17. The van der Waals surface area contributed by atoms with E-state index in [0.29, 0.717) is 0 Å². The average molecular weight is 310 g/mol. The molecule has 0 amide bonds. The zero-order valence-corrected chi connectivity index (χ0v) is 13.7. The van der Waals surface area contributed by atoms with Crippen molar-refractivity contribution >= 4 is 27.1 Å². The molecule has 1 aliphatic rings. The maximum atomic E-state index is 4.58. The predicted octanol–water partition coefficient (Wildman–Crippen LogP) is 4.36. The van der Waals surface area contributed by atoms with Crippen LogP contribution in [0.3, 0.4) is 0 Å². The summed E-state index contributed by atoms with van der Waals surface area (Å²) in [5.74, 6) is 0. The van der Waals surface area contributed by atoms with Gasteiger partial charge in [-0.15, -0.1) is 11.3 Å². The van der Waals surface area contributed by atoms with Crippen LogP contribution in [-0.2, 0) is 7.05 Å². The minimum absolute atomic E-state index is 1.04. The van der Waals surface area contributed by atoms with Gasteiger partial charge in [0.1, 0.15) is 6.33 Å². The van der Waals surface area contributed by atoms with Crippen molar-refractivity contribution in [1.82, 2.24) is 19.7 Å². The van der Waals surface area contributed by atoms with Crippen molar-refractivity contribution in [3.05, 3.63) is 36.1 Å². The lowest BCUT2D eigenvalue weighted by Gasteiger charge is -2.12. The Hall–Kier alpha value is -2.01. The Balaban J connectivity index is 1.87. The molecule has 3 aromatic rings. The Morgan fingerprint density at radius 2 is 2.14 bits per heavy atom. The number of allylic oxidation sites excluding steroid dienone is 2. The molecule has 0 fully saturated rings. The SMILES string of the molecule is Cc1nn(C)cc1-c1cc2ncnc(C3=CCCCC3)c2s1. The van der Waals surface area contributed by atoms with Crippen LogP contribution in [0.5, 0.6) is 0 Å². The molecular weight excluding hydrogens is 292 g/mol. The zero-order valence-electron chi connectivity index (χ0n) is 12.8. The van der Waals surface area contributed by atoms with Gasteiger partial charge in [-0.3, -0.25) is 4.68 Å². The number of hydrogen-bond acceptors (Lipinski definition) is 4. The van der Waals surface area contributed by atoms with Crippen molar-refractivity contribution in [2.45, 2.75) is 32.6 Å². The molecule has 0 spiro atoms. The largest absolute Gasteiger partial charge is 0.275 e. The van der Waals surface area contributed by atoms with Gasteiger partial charge in [0.2, 0.25) is 0 Å². The molecule has 0 bridgehead atoms. The minimum atomic E-state index is 1.04. The van der Waals surface area contributed by atoms with E-state index in [4.69, 9.17) is 0 Å². The molecule has 3 heterocycles. The van der Waals surface area contributed by atoms with Crippen LogP contribution in [-0.4, -0.2) is 19.7 Å². The molecule has 0 N–H and O–H groups in total. The normalized spacial score (nSPS) is 15.3. The van der Waals surface area contributed by atoms with E-state index in [-0.39, 0.29) is 0 Å². The summed E-state index contributed by atoms with van der Waals surface area (Å²) in [5.41, 5.74) is 5.80. The van der Waals surface area contributed by atoms with Crippen molar-refractivity contribution in [3.63, 3.8) is 0 Å². The molecule has 0 atom stereocenters. The number of hydrogen-bond donors (Lipinski definition) is 0. The van der Waals surface area contributed by atoms with Gasteiger partial charge in [0.15, 0.2) is 0 Å². The van der Waals surface area contributed by atoms with Gasteiger partial charge >= 0.3 is 0 Å². The summed E-state index contributed by atoms with van der Waals surface area (Å²) >= 11 is 1.78. The summed E-state index contributed by atoms with van der Waals surface area (Å²) in [4.78, 5) is 10.3. The van der Waals surface area contributed by atoms with Crippen molar-refractivity contribution < 1.29 is 0 Å². The summed E-state index contributed by atoms with van der Waals surface area (Å²) in [5, 5.41) is 4.45. The van der Waals surface area contributed by atoms with Gasteiger partial charge < -0.3 is 0 Å². The highest BCUT2D eigenvalue weighted by Gasteiger charge is 2.16. The van der Waals surface area contributed by atoms with Crippen LogP contribution in [0.1, 0.15) is 37.1 Å². The molecule has 0 saturated heterocycles. The summed E-state index contributed by atoms with van der Waals surface area (Å²) in [7, 11) is 1.96. The lowest BCUT2D eigenvalue weighted by Crippen LogP contribution is -1.95. The molecule has 0 radical (unpaired) electrons. The first-order valence-electron chi connectivity index (χ1n) is 7.67. The van der Waals surface area contributed by atoms with Crippen LogP contribution in [0.4, 0.5) is 0 Å². The first kappa shape index (κ1) is 13.6. The number of fused-ring (bicyclic) bond motifs is 1. The van der Waals surface area contributed by atoms with Gasteiger partial charge in [0, 0.05) is 23.7 Å². The van der Waals surface area contributed by atoms with E-state index >= 15 is 0 Å². The Bertz CT molecular complexity index is 872. The van der Waals surface area contributed by atoms with Crippen LogP contribution < -0.4 is 0 Å². The number of thiophene rings is 1. The molecule has 5 heteroatoms. The van der Waals surface area contributed by atoms with Gasteiger partial charge in [-0.2, -0.15) is 5.10 Å². The second-order valence-corrected chi connectivity index (χ2v) is 6.88. The van der Waals surface area contributed by atoms with Crippen molar-refractivity contribution in [2.24, 2.45) is 7.05 Å². The highest BCUT2D eigenvalue weighted by Crippen LogP contribution is 2.38. The van der Waals surface area contributed by atoms with Crippen LogP contribution >= 0.6 is 11.3 Å². The molecule has 0 saturated carbocycles. The Kier molecular flexibility index (Phi) is 3.30. The first-order valence-corrected chi connectivity index (χ1v) is 8.48. The molecule has 4 nitrogen and oxygen atoms in total. The third-order valence-corrected chi connectivity index (χ3v) is 5.35. The highest BCUT2D eigenvalue weighted by atomic mass is 32.1. The van der Waals surface area contributed by atoms with Crippen LogP contribution in [0, 0.1) is 6.92 Å². The van der Waals surface area contributed by atoms with Crippen molar-refractivity contribution in [1.29, 1.82) is 0 Å². The highest BCUT2D eigenvalue weighted by molar-refractivity contribution is 7.22. The lowest BCUT2D eigenvalue weighted by atomic mass is 9.97. The summed E-state index contributed by atoms with van der Waals surface area (Å²) in [6.07, 6.45) is 11.0. The van der Waals surface area contributed by atoms with E-state index in [0.717, 1.165) is 23.3 Å². The van der Waals surface area contributed by atoms with Crippen molar-refractivity contribution in [3.8, 4) is 10.4 Å². The van der Waals surface area contributed by atoms with Gasteiger partial charge in [0.05, 0.1) is 21.6 Å². The molecule has 0 aliphatic heterocycles. The Labute approximate surface area is 133 Å². The molecular formula is C17H18N4S. The van der Waals surface area contributed by atoms with Crippen LogP contribution in [0.25, 0.3) is 26.2 Å². The zero-order chi connectivity index (χ0) is 15.1. The van der Waals surface area contributed by atoms with Gasteiger partial charge in [-0.05, 0) is 44.2 Å². The fourth-order valence-electron chi connectivity index (χ4n) is 3.11. The van der Waals surface area contributed by atoms with Gasteiger partial charge in [0.25, 0.3) is 0 Å². The molecule has 4 rings (SSSR count). The molecule has 3 aromatic heterocycles. The third-order valence-electron chi connectivity index (χ3n) is 4.19. The fraction of sp³-hybridized carbons (Fsp3) is 0.353. The van der Waals surface area contributed by atoms with E-state index < -0.39 is 0 Å².